The van der Waals surface area contributed by atoms with Gasteiger partial charge in [-0.15, -0.1) is 23.2 Å². The van der Waals surface area contributed by atoms with E-state index in [2.05, 4.69) is 10.6 Å². The van der Waals surface area contributed by atoms with Crippen LogP contribution < -0.4 is 25.0 Å². The molecule has 5 aromatic rings. The summed E-state index contributed by atoms with van der Waals surface area (Å²) >= 11 is 13.1. The average Bonchev–Trinajstić information content (AvgIpc) is 4.19. The first kappa shape index (κ1) is 57.4. The molecule has 0 bridgehead atoms. The summed E-state index contributed by atoms with van der Waals surface area (Å²) in [6.07, 6.45) is 10.3. The van der Waals surface area contributed by atoms with Crippen LogP contribution in [0.4, 0.5) is 17.1 Å². The third-order valence-corrected chi connectivity index (χ3v) is 15.9. The molecule has 19 heteroatoms. The number of imide groups is 1. The van der Waals surface area contributed by atoms with Gasteiger partial charge in [0.2, 0.25) is 11.8 Å². The lowest BCUT2D eigenvalue weighted by Crippen LogP contribution is -2.31. The van der Waals surface area contributed by atoms with E-state index in [1.807, 2.05) is 48.5 Å². The van der Waals surface area contributed by atoms with Crippen molar-refractivity contribution in [3.63, 3.8) is 0 Å². The first-order valence-electron chi connectivity index (χ1n) is 25.9. The number of phosphoric acid groups is 1. The van der Waals surface area contributed by atoms with Gasteiger partial charge in [-0.25, -0.2) is 4.57 Å². The molecule has 0 aliphatic carbocycles. The first-order chi connectivity index (χ1) is 37.0. The van der Waals surface area contributed by atoms with E-state index in [4.69, 9.17) is 36.8 Å². The predicted octanol–water partition coefficient (Wildman–Crippen LogP) is 11.5. The van der Waals surface area contributed by atoms with Crippen LogP contribution >= 0.6 is 31.0 Å². The Labute approximate surface area is 464 Å². The van der Waals surface area contributed by atoms with Crippen molar-refractivity contribution in [2.24, 2.45) is 0 Å². The van der Waals surface area contributed by atoms with Crippen molar-refractivity contribution in [1.82, 2.24) is 10.2 Å². The Kier molecular flexibility index (Phi) is 17.7. The number of phenols is 1. The molecule has 3 aliphatic heterocycles. The summed E-state index contributed by atoms with van der Waals surface area (Å²) in [4.78, 5) is 82.8. The van der Waals surface area contributed by atoms with Gasteiger partial charge in [-0.1, -0.05) is 67.1 Å². The molecule has 2 atom stereocenters. The van der Waals surface area contributed by atoms with Crippen molar-refractivity contribution < 1.29 is 52.0 Å². The molecule has 0 unspecified atom stereocenters. The van der Waals surface area contributed by atoms with Gasteiger partial charge in [0.1, 0.15) is 11.5 Å². The largest absolute Gasteiger partial charge is 0.531 e. The van der Waals surface area contributed by atoms with Crippen LogP contribution in [0.25, 0.3) is 33.7 Å². The maximum Gasteiger partial charge on any atom is 0.531 e. The predicted molar refractivity (Wildman–Crippen MR) is 306 cm³/mol. The van der Waals surface area contributed by atoms with Gasteiger partial charge in [-0.2, -0.15) is 0 Å². The second kappa shape index (κ2) is 24.1. The molecule has 410 valence electrons. The number of benzene rings is 5. The molecular formula is C59H64Cl2N5O11P. The number of hydrogen-bond donors (Lipinski definition) is 3. The number of alkyl halides is 2. The van der Waals surface area contributed by atoms with E-state index in [0.717, 1.165) is 26.8 Å². The Hall–Kier alpha value is -6.81. The number of nitrogens with zero attached hydrogens (tertiary/aromatic N) is 3. The molecule has 3 aliphatic rings. The van der Waals surface area contributed by atoms with Crippen molar-refractivity contribution in [3.05, 3.63) is 125 Å². The lowest BCUT2D eigenvalue weighted by atomic mass is 9.95. The third kappa shape index (κ3) is 13.5. The fraction of sp³-hybridized carbons (Fsp3) is 0.356. The average molecular weight is 1120 g/mol. The van der Waals surface area contributed by atoms with E-state index in [0.29, 0.717) is 64.8 Å². The van der Waals surface area contributed by atoms with Gasteiger partial charge in [0.15, 0.2) is 0 Å². The smallest absolute Gasteiger partial charge is 0.507 e. The van der Waals surface area contributed by atoms with Crippen LogP contribution in [-0.4, -0.2) is 94.6 Å². The highest BCUT2D eigenvalue weighted by Gasteiger charge is 2.41. The third-order valence-electron chi connectivity index (χ3n) is 13.2. The quantitative estimate of drug-likeness (QED) is 0.0220. The molecule has 0 spiro atoms. The molecule has 0 radical (unpaired) electrons. The number of anilines is 3. The van der Waals surface area contributed by atoms with E-state index in [1.165, 1.54) is 24.3 Å². The standard InChI is InChI=1S/C59H64Cl2N5O11P/c1-58(2,3)76-78(74,77-59(4,5)6)75-49-32-47-57(44-17-12-10-15-42(44)49)40(34-61)36-66(47)55(73)24-22-38-21-19-37(20-23-54(72)65-35-39(33-60)56-43-16-11-9-14-41(43)48(67)31-46(56)65)30-45(38)63-51(69)27-28-62-50(68)18-8-7-13-29-64-52(70)25-26-53(64)71/h9-12,14-17,19-26,30-32,39-40,67H,7-8,13,18,27-29,33-36H2,1-6H3,(H,62,68)(H,63,69)/t39-,40-/m1/s1. The molecule has 3 N–H and O–H groups in total. The fourth-order valence-corrected chi connectivity index (χ4v) is 12.2. The van der Waals surface area contributed by atoms with E-state index in [1.54, 1.807) is 93.8 Å². The Balaban J connectivity index is 1.03. The Morgan fingerprint density at radius 2 is 1.24 bits per heavy atom. The topological polar surface area (TPSA) is 201 Å². The molecule has 6 amide bonds. The lowest BCUT2D eigenvalue weighted by molar-refractivity contribution is -0.137. The van der Waals surface area contributed by atoms with Crippen molar-refractivity contribution >= 4 is 117 Å². The van der Waals surface area contributed by atoms with E-state index >= 15 is 0 Å². The molecular weight excluding hydrogens is 1060 g/mol. The SMILES string of the molecule is CC(C)(C)OP(=O)(Oc1cc2c(c3ccccc13)[C@H](CCl)CN2C(=O)C=Cc1ccc(C=CC(=O)N2C[C@@H](CCl)c3c2cc(O)c2ccccc32)cc1NC(=O)CCNC(=O)CCCCCN1C(=O)C=CC1=O)OC(C)(C)C. The van der Waals surface area contributed by atoms with Crippen molar-refractivity contribution in [2.75, 3.05) is 53.1 Å². The van der Waals surface area contributed by atoms with Gasteiger partial charge >= 0.3 is 7.82 Å². The molecule has 0 saturated carbocycles. The molecule has 8 rings (SSSR count). The molecule has 0 fully saturated rings. The molecule has 5 aromatic carbocycles. The number of unbranched alkanes of at least 4 members (excludes halogenated alkanes) is 2. The maximum absolute atomic E-state index is 14.5. The molecule has 0 saturated heterocycles. The maximum atomic E-state index is 14.5. The Morgan fingerprint density at radius 3 is 1.83 bits per heavy atom. The van der Waals surface area contributed by atoms with Crippen molar-refractivity contribution in [1.29, 1.82) is 0 Å². The number of nitrogens with one attached hydrogen (secondary N) is 2. The summed E-state index contributed by atoms with van der Waals surface area (Å²) in [7, 11) is -4.28. The second-order valence-corrected chi connectivity index (χ2v) is 23.5. The van der Waals surface area contributed by atoms with E-state index < -0.39 is 30.8 Å². The minimum atomic E-state index is -4.28. The highest BCUT2D eigenvalue weighted by atomic mass is 35.5. The van der Waals surface area contributed by atoms with E-state index in [9.17, 15) is 38.4 Å². The van der Waals surface area contributed by atoms with Crippen molar-refractivity contribution in [3.8, 4) is 11.5 Å². The minimum absolute atomic E-state index is 0.0346. The van der Waals surface area contributed by atoms with Crippen LogP contribution in [0.2, 0.25) is 0 Å². The van der Waals surface area contributed by atoms with Gasteiger partial charge in [0, 0.05) is 116 Å². The Bertz CT molecular complexity index is 3290. The highest BCUT2D eigenvalue weighted by Crippen LogP contribution is 2.58. The number of halogens is 2. The number of hydrogen-bond acceptors (Lipinski definition) is 11. The summed E-state index contributed by atoms with van der Waals surface area (Å²) in [5.74, 6) is -1.91. The van der Waals surface area contributed by atoms with Gasteiger partial charge in [-0.05, 0) is 106 Å². The number of carbonyl (C=O) groups is 6. The van der Waals surface area contributed by atoms with Crippen molar-refractivity contribution in [2.45, 2.75) is 96.7 Å². The zero-order chi connectivity index (χ0) is 56.1. The summed E-state index contributed by atoms with van der Waals surface area (Å²) in [5, 5.41) is 19.5. The number of phosphoric ester groups is 1. The van der Waals surface area contributed by atoms with Crippen LogP contribution in [-0.2, 0) is 42.4 Å². The van der Waals surface area contributed by atoms with Crippen LogP contribution in [0.1, 0.15) is 108 Å². The minimum Gasteiger partial charge on any atom is -0.507 e. The Morgan fingerprint density at radius 1 is 0.692 bits per heavy atom. The summed E-state index contributed by atoms with van der Waals surface area (Å²) in [5.41, 5.74) is 2.25. The summed E-state index contributed by atoms with van der Waals surface area (Å²) in [6, 6.07) is 23.2. The monoisotopic (exact) mass is 1120 g/mol. The molecule has 78 heavy (non-hydrogen) atoms. The zero-order valence-corrected chi connectivity index (χ0v) is 46.9. The van der Waals surface area contributed by atoms with Crippen LogP contribution in [0.3, 0.4) is 0 Å². The van der Waals surface area contributed by atoms with Gasteiger partial charge in [0.25, 0.3) is 23.6 Å². The number of carbonyl (C=O) groups excluding carboxylic acids is 6. The van der Waals surface area contributed by atoms with E-state index in [-0.39, 0.29) is 91.2 Å². The molecule has 3 heterocycles. The second-order valence-electron chi connectivity index (χ2n) is 21.4. The number of aromatic hydroxyl groups is 1. The van der Waals surface area contributed by atoms with Gasteiger partial charge < -0.3 is 30.1 Å². The first-order valence-corrected chi connectivity index (χ1v) is 28.4. The summed E-state index contributed by atoms with van der Waals surface area (Å²) < 4.78 is 32.7. The van der Waals surface area contributed by atoms with Gasteiger partial charge in [-0.3, -0.25) is 42.7 Å². The zero-order valence-electron chi connectivity index (χ0n) is 44.5. The fourth-order valence-electron chi connectivity index (χ4n) is 9.87. The number of phenolic OH excluding ortho intramolecular Hbond substituents is 1. The van der Waals surface area contributed by atoms with Crippen LogP contribution in [0, 0.1) is 0 Å². The number of fused-ring (bicyclic) bond motifs is 6. The highest BCUT2D eigenvalue weighted by molar-refractivity contribution is 7.49. The lowest BCUT2D eigenvalue weighted by Gasteiger charge is -2.31. The van der Waals surface area contributed by atoms with Gasteiger partial charge in [0.05, 0.1) is 22.6 Å². The number of amides is 6. The summed E-state index contributed by atoms with van der Waals surface area (Å²) in [6.45, 7) is 11.3. The van der Waals surface area contributed by atoms with Crippen LogP contribution in [0.5, 0.6) is 11.5 Å². The van der Waals surface area contributed by atoms with Crippen LogP contribution in [0.15, 0.2) is 103 Å². The molecule has 0 aromatic heterocycles. The number of rotatable bonds is 20. The normalized spacial score (nSPS) is 16.5. The molecule has 16 nitrogen and oxygen atoms in total.